The maximum absolute atomic E-state index is 12.7. The van der Waals surface area contributed by atoms with E-state index >= 15 is 0 Å². The van der Waals surface area contributed by atoms with Gasteiger partial charge in [0, 0.05) is 10.6 Å². The summed E-state index contributed by atoms with van der Waals surface area (Å²) in [6.45, 7) is 3.49. The number of nitrogens with one attached hydrogen (secondary N) is 2. The third kappa shape index (κ3) is 8.14. The summed E-state index contributed by atoms with van der Waals surface area (Å²) in [5, 5.41) is 14.4. The monoisotopic (exact) mass is 460 g/mol. The molecule has 3 atom stereocenters. The van der Waals surface area contributed by atoms with E-state index in [2.05, 4.69) is 10.6 Å². The number of alkyl carbamates (subject to hydrolysis) is 1. The molecule has 0 saturated carbocycles. The van der Waals surface area contributed by atoms with E-state index in [1.807, 2.05) is 18.2 Å². The van der Waals surface area contributed by atoms with Crippen molar-refractivity contribution in [3.63, 3.8) is 0 Å². The Hall–Kier alpha value is -3.20. The number of hydrogen-bond donors (Lipinski definition) is 3. The summed E-state index contributed by atoms with van der Waals surface area (Å²) in [7, 11) is -1.39. The molecule has 2 amide bonds. The first-order valence-corrected chi connectivity index (χ1v) is 11.5. The second-order valence-electron chi connectivity index (χ2n) is 7.48. The molecule has 0 bridgehead atoms. The van der Waals surface area contributed by atoms with Gasteiger partial charge in [0.15, 0.2) is 0 Å². The van der Waals surface area contributed by atoms with Crippen LogP contribution in [-0.2, 0) is 31.7 Å². The number of benzene rings is 2. The predicted molar refractivity (Wildman–Crippen MR) is 120 cm³/mol. The molecule has 0 saturated heterocycles. The van der Waals surface area contributed by atoms with E-state index in [0.29, 0.717) is 4.90 Å². The van der Waals surface area contributed by atoms with Gasteiger partial charge in [0.05, 0.1) is 10.8 Å². The molecule has 2 aromatic carbocycles. The minimum atomic E-state index is -1.39. The molecule has 3 N–H and O–H groups in total. The maximum Gasteiger partial charge on any atom is 0.408 e. The molecule has 9 heteroatoms. The van der Waals surface area contributed by atoms with Crippen LogP contribution in [0.15, 0.2) is 65.6 Å². The standard InChI is InChI=1S/C23H28N2O6S/c1-16(2)20(25-23(29)31-15-17-9-5-3-6-10-17)21(26)24-19(22(27)28)13-14-32(30)18-11-7-4-8-12-18/h3-12,16,19-20H,13-15H2,1-2H3,(H,24,26)(H,25,29)(H,27,28)/t19-,20-,32+/m1/s1. The van der Waals surface area contributed by atoms with E-state index in [4.69, 9.17) is 4.74 Å². The van der Waals surface area contributed by atoms with Gasteiger partial charge in [-0.1, -0.05) is 62.4 Å². The van der Waals surface area contributed by atoms with Gasteiger partial charge in [0.2, 0.25) is 5.91 Å². The van der Waals surface area contributed by atoms with E-state index in [1.54, 1.807) is 56.3 Å². The molecule has 0 aliphatic heterocycles. The van der Waals surface area contributed by atoms with Crippen LogP contribution in [0.5, 0.6) is 0 Å². The van der Waals surface area contributed by atoms with Crippen LogP contribution in [0.3, 0.4) is 0 Å². The van der Waals surface area contributed by atoms with Gasteiger partial charge < -0.3 is 20.5 Å². The summed E-state index contributed by atoms with van der Waals surface area (Å²) < 4.78 is 17.5. The molecule has 0 heterocycles. The van der Waals surface area contributed by atoms with Crippen LogP contribution in [0.25, 0.3) is 0 Å². The second-order valence-corrected chi connectivity index (χ2v) is 9.05. The normalized spacial score (nSPS) is 13.6. The van der Waals surface area contributed by atoms with Crippen molar-refractivity contribution in [2.24, 2.45) is 5.92 Å². The first-order chi connectivity index (χ1) is 15.3. The van der Waals surface area contributed by atoms with Gasteiger partial charge in [-0.15, -0.1) is 0 Å². The SMILES string of the molecule is CC(C)[C@@H](NC(=O)OCc1ccccc1)C(=O)N[C@H](CC[S@](=O)c1ccccc1)C(=O)O. The van der Waals surface area contributed by atoms with Crippen molar-refractivity contribution in [1.29, 1.82) is 0 Å². The number of carbonyl (C=O) groups is 3. The molecule has 0 aliphatic rings. The van der Waals surface area contributed by atoms with Crippen LogP contribution in [0, 0.1) is 5.92 Å². The van der Waals surface area contributed by atoms with Crippen molar-refractivity contribution in [3.8, 4) is 0 Å². The molecule has 0 radical (unpaired) electrons. The van der Waals surface area contributed by atoms with Crippen LogP contribution in [-0.4, -0.2) is 45.1 Å². The van der Waals surface area contributed by atoms with Crippen LogP contribution < -0.4 is 10.6 Å². The third-order valence-electron chi connectivity index (χ3n) is 4.65. The number of carboxylic acid groups (broad SMARTS) is 1. The number of aliphatic carboxylic acids is 1. The van der Waals surface area contributed by atoms with E-state index in [0.717, 1.165) is 5.56 Å². The Balaban J connectivity index is 1.92. The van der Waals surface area contributed by atoms with Crippen LogP contribution in [0.4, 0.5) is 4.79 Å². The quantitative estimate of drug-likeness (QED) is 0.474. The number of carboxylic acids is 1. The molecule has 32 heavy (non-hydrogen) atoms. The maximum atomic E-state index is 12.7. The summed E-state index contributed by atoms with van der Waals surface area (Å²) >= 11 is 0. The van der Waals surface area contributed by atoms with Crippen LogP contribution in [0.1, 0.15) is 25.8 Å². The van der Waals surface area contributed by atoms with Crippen molar-refractivity contribution in [2.45, 2.75) is 43.9 Å². The van der Waals surface area contributed by atoms with Crippen LogP contribution in [0.2, 0.25) is 0 Å². The van der Waals surface area contributed by atoms with Gasteiger partial charge >= 0.3 is 12.1 Å². The lowest BCUT2D eigenvalue weighted by Crippen LogP contribution is -2.54. The van der Waals surface area contributed by atoms with Gasteiger partial charge in [-0.3, -0.25) is 9.00 Å². The lowest BCUT2D eigenvalue weighted by molar-refractivity contribution is -0.142. The Morgan fingerprint density at radius 3 is 2.12 bits per heavy atom. The molecule has 0 spiro atoms. The molecule has 0 unspecified atom stereocenters. The highest BCUT2D eigenvalue weighted by Crippen LogP contribution is 2.09. The van der Waals surface area contributed by atoms with Gasteiger partial charge in [0.25, 0.3) is 0 Å². The number of carbonyl (C=O) groups excluding carboxylic acids is 2. The van der Waals surface area contributed by atoms with Crippen molar-refractivity contribution in [2.75, 3.05) is 5.75 Å². The fourth-order valence-corrected chi connectivity index (χ4v) is 4.01. The zero-order valence-corrected chi connectivity index (χ0v) is 18.8. The molecule has 8 nitrogen and oxygen atoms in total. The molecule has 0 aromatic heterocycles. The Morgan fingerprint density at radius 2 is 1.56 bits per heavy atom. The summed E-state index contributed by atoms with van der Waals surface area (Å²) in [5.41, 5.74) is 0.797. The van der Waals surface area contributed by atoms with E-state index in [9.17, 15) is 23.7 Å². The van der Waals surface area contributed by atoms with Gasteiger partial charge in [-0.2, -0.15) is 0 Å². The average molecular weight is 461 g/mol. The minimum absolute atomic E-state index is 0.0220. The summed E-state index contributed by atoms with van der Waals surface area (Å²) in [4.78, 5) is 37.1. The molecular weight excluding hydrogens is 432 g/mol. The third-order valence-corrected chi connectivity index (χ3v) is 6.05. The lowest BCUT2D eigenvalue weighted by atomic mass is 10.0. The topological polar surface area (TPSA) is 122 Å². The first-order valence-electron chi connectivity index (χ1n) is 10.2. The Bertz CT molecular complexity index is 921. The van der Waals surface area contributed by atoms with E-state index in [-0.39, 0.29) is 24.7 Å². The average Bonchev–Trinajstić information content (AvgIpc) is 2.79. The zero-order chi connectivity index (χ0) is 23.5. The van der Waals surface area contributed by atoms with Crippen molar-refractivity contribution >= 4 is 28.8 Å². The predicted octanol–water partition coefficient (Wildman–Crippen LogP) is 2.70. The zero-order valence-electron chi connectivity index (χ0n) is 18.0. The molecule has 2 aromatic rings. The van der Waals surface area contributed by atoms with Gasteiger partial charge in [-0.25, -0.2) is 9.59 Å². The fourth-order valence-electron chi connectivity index (χ4n) is 2.86. The lowest BCUT2D eigenvalue weighted by Gasteiger charge is -2.23. The Morgan fingerprint density at radius 1 is 0.969 bits per heavy atom. The fraction of sp³-hybridized carbons (Fsp3) is 0.348. The smallest absolute Gasteiger partial charge is 0.408 e. The van der Waals surface area contributed by atoms with Gasteiger partial charge in [-0.05, 0) is 30.0 Å². The largest absolute Gasteiger partial charge is 0.480 e. The number of ether oxygens (including phenoxy) is 1. The van der Waals surface area contributed by atoms with Crippen LogP contribution >= 0.6 is 0 Å². The number of hydrogen-bond acceptors (Lipinski definition) is 5. The van der Waals surface area contributed by atoms with Crippen molar-refractivity contribution < 1.29 is 28.4 Å². The molecule has 0 aliphatic carbocycles. The number of rotatable bonds is 11. The molecule has 0 fully saturated rings. The first kappa shape index (κ1) is 25.1. The Kier molecular flexibility index (Phi) is 9.87. The molecule has 172 valence electrons. The highest BCUT2D eigenvalue weighted by atomic mass is 32.2. The molecule has 2 rings (SSSR count). The summed E-state index contributed by atoms with van der Waals surface area (Å²) in [6.07, 6.45) is -0.800. The summed E-state index contributed by atoms with van der Waals surface area (Å²) in [5.74, 6) is -2.13. The van der Waals surface area contributed by atoms with Gasteiger partial charge in [0.1, 0.15) is 18.7 Å². The summed E-state index contributed by atoms with van der Waals surface area (Å²) in [6, 6.07) is 15.6. The number of amides is 2. The highest BCUT2D eigenvalue weighted by Gasteiger charge is 2.29. The minimum Gasteiger partial charge on any atom is -0.480 e. The molecular formula is C23H28N2O6S. The highest BCUT2D eigenvalue weighted by molar-refractivity contribution is 7.85. The van der Waals surface area contributed by atoms with Crippen molar-refractivity contribution in [3.05, 3.63) is 66.2 Å². The second kappa shape index (κ2) is 12.6. The van der Waals surface area contributed by atoms with E-state index in [1.165, 1.54) is 0 Å². The van der Waals surface area contributed by atoms with E-state index < -0.39 is 40.9 Å². The van der Waals surface area contributed by atoms with Crippen molar-refractivity contribution in [1.82, 2.24) is 10.6 Å². The Labute approximate surface area is 189 Å².